The molecule has 0 aromatic heterocycles. The number of hydrogen-bond donors (Lipinski definition) is 1. The number of halogens is 17. The second-order valence-electron chi connectivity index (χ2n) is 4.94. The molecule has 0 amide bonds. The summed E-state index contributed by atoms with van der Waals surface area (Å²) in [5.74, 6) is -52.0. The van der Waals surface area contributed by atoms with Crippen molar-refractivity contribution in [2.75, 3.05) is 0 Å². The van der Waals surface area contributed by atoms with E-state index in [1.807, 2.05) is 0 Å². The van der Waals surface area contributed by atoms with Crippen LogP contribution in [-0.4, -0.2) is 86.1 Å². The fourth-order valence-corrected chi connectivity index (χ4v) is 1.76. The van der Waals surface area contributed by atoms with Crippen molar-refractivity contribution in [2.24, 2.45) is 0 Å². The van der Waals surface area contributed by atoms with E-state index in [9.17, 15) is 83.1 Å². The van der Waals surface area contributed by atoms with Gasteiger partial charge in [0.05, 0.1) is 0 Å². The summed E-state index contributed by atoms with van der Waals surface area (Å²) in [5.41, 5.74) is 0. The topological polar surface area (TPSA) is 54.4 Å². The Bertz CT molecular complexity index is 739. The molecule has 0 fully saturated rings. The van der Waals surface area contributed by atoms with Crippen molar-refractivity contribution < 1.29 is 87.6 Å². The zero-order valence-electron chi connectivity index (χ0n) is 12.8. The average Bonchev–Trinajstić information content (AvgIpc) is 2.43. The molecule has 0 aliphatic rings. The maximum atomic E-state index is 13.0. The van der Waals surface area contributed by atoms with Crippen LogP contribution >= 0.6 is 0 Å². The van der Waals surface area contributed by atoms with Crippen LogP contribution in [0.15, 0.2) is 0 Å². The maximum absolute atomic E-state index is 13.0. The number of hydrogen-bond acceptors (Lipinski definition) is 2. The Balaban J connectivity index is 0. The standard InChI is InChI=1S/C8HF17O3S.Bi.3H/c9-1(10,3(13,14)5(17,18)7(21,22)23)2(11,12)4(15,16)6(19,20)8(24,25)29(26,27)28;;;;/h(H,26,27,28);;;;. The average molecular weight is 712 g/mol. The first-order valence-electron chi connectivity index (χ1n) is 5.68. The van der Waals surface area contributed by atoms with Crippen LogP contribution < -0.4 is 0 Å². The van der Waals surface area contributed by atoms with E-state index < -0.39 is 57.1 Å². The van der Waals surface area contributed by atoms with Crippen molar-refractivity contribution in [1.29, 1.82) is 0 Å². The molecule has 0 atom stereocenters. The van der Waals surface area contributed by atoms with Crippen LogP contribution in [0.25, 0.3) is 0 Å². The molecule has 0 aliphatic heterocycles. The van der Waals surface area contributed by atoms with Gasteiger partial charge in [-0.2, -0.15) is 83.1 Å². The molecule has 1 N–H and O–H groups in total. The van der Waals surface area contributed by atoms with E-state index in [4.69, 9.17) is 4.55 Å². The van der Waals surface area contributed by atoms with E-state index in [2.05, 4.69) is 0 Å². The predicted octanol–water partition coefficient (Wildman–Crippen LogP) is 3.66. The van der Waals surface area contributed by atoms with Gasteiger partial charge in [-0.15, -0.1) is 0 Å². The Morgan fingerprint density at radius 1 is 0.433 bits per heavy atom. The third-order valence-corrected chi connectivity index (χ3v) is 3.92. The number of rotatable bonds is 7. The Morgan fingerprint density at radius 2 is 0.633 bits per heavy atom. The van der Waals surface area contributed by atoms with Gasteiger partial charge < -0.3 is 0 Å². The first-order chi connectivity index (χ1) is 12.0. The molecule has 0 rings (SSSR count). The third-order valence-electron chi connectivity index (χ3n) is 3.02. The first-order valence-corrected chi connectivity index (χ1v) is 7.12. The first kappa shape index (κ1) is 31.8. The summed E-state index contributed by atoms with van der Waals surface area (Å²) >= 11 is 0. The number of alkyl halides is 17. The van der Waals surface area contributed by atoms with Gasteiger partial charge in [0, 0.05) is 0 Å². The molecule has 0 aliphatic carbocycles. The van der Waals surface area contributed by atoms with E-state index in [0.29, 0.717) is 0 Å². The molecule has 0 bridgehead atoms. The molecule has 30 heavy (non-hydrogen) atoms. The van der Waals surface area contributed by atoms with E-state index >= 15 is 0 Å². The summed E-state index contributed by atoms with van der Waals surface area (Å²) in [5, 5.41) is -7.84. The van der Waals surface area contributed by atoms with E-state index in [1.54, 1.807) is 0 Å². The van der Waals surface area contributed by atoms with Crippen LogP contribution in [0.2, 0.25) is 0 Å². The summed E-state index contributed by atoms with van der Waals surface area (Å²) in [6, 6.07) is 0. The Morgan fingerprint density at radius 3 is 0.833 bits per heavy atom. The molecule has 0 spiro atoms. The Labute approximate surface area is 171 Å². The second-order valence-corrected chi connectivity index (χ2v) is 6.40. The third kappa shape index (κ3) is 3.81. The minimum atomic E-state index is -8.89. The van der Waals surface area contributed by atoms with Crippen molar-refractivity contribution in [3.05, 3.63) is 0 Å². The fraction of sp³-hybridized carbons (Fsp3) is 1.00. The molecule has 0 heterocycles. The van der Waals surface area contributed by atoms with Gasteiger partial charge >= 0.3 is 83.3 Å². The van der Waals surface area contributed by atoms with Gasteiger partial charge in [0.1, 0.15) is 0 Å². The normalized spacial score (nSPS) is 16.3. The molecular weight excluding hydrogens is 708 g/mol. The van der Waals surface area contributed by atoms with Crippen molar-refractivity contribution in [1.82, 2.24) is 0 Å². The Hall–Kier alpha value is -0.397. The predicted molar refractivity (Wildman–Crippen MR) is 62.2 cm³/mol. The van der Waals surface area contributed by atoms with Gasteiger partial charge in [0.25, 0.3) is 0 Å². The zero-order valence-corrected chi connectivity index (χ0v) is 19.1. The van der Waals surface area contributed by atoms with Gasteiger partial charge in [-0.25, -0.2) is 0 Å². The summed E-state index contributed by atoms with van der Waals surface area (Å²) in [6.45, 7) is 0. The van der Waals surface area contributed by atoms with Crippen molar-refractivity contribution >= 4 is 36.3 Å². The summed E-state index contributed by atoms with van der Waals surface area (Å²) < 4.78 is 242. The summed E-state index contributed by atoms with van der Waals surface area (Å²) in [4.78, 5) is 0. The van der Waals surface area contributed by atoms with Crippen molar-refractivity contribution in [3.8, 4) is 0 Å². The molecule has 0 unspecified atom stereocenters. The van der Waals surface area contributed by atoms with Gasteiger partial charge in [0.15, 0.2) is 0 Å². The molecular formula is C8H4BiF17O3S. The van der Waals surface area contributed by atoms with Crippen LogP contribution in [0.1, 0.15) is 0 Å². The van der Waals surface area contributed by atoms with Gasteiger partial charge in [-0.1, -0.05) is 0 Å². The van der Waals surface area contributed by atoms with Gasteiger partial charge in [0.2, 0.25) is 0 Å². The van der Waals surface area contributed by atoms with Gasteiger partial charge in [-0.3, -0.25) is 4.55 Å². The van der Waals surface area contributed by atoms with Crippen LogP contribution in [0.3, 0.4) is 0 Å². The van der Waals surface area contributed by atoms with E-state index in [-0.39, 0.29) is 26.2 Å². The van der Waals surface area contributed by atoms with Crippen LogP contribution in [0, 0.1) is 0 Å². The monoisotopic (exact) mass is 712 g/mol. The fourth-order valence-electron chi connectivity index (χ4n) is 1.31. The van der Waals surface area contributed by atoms with E-state index in [0.717, 1.165) is 0 Å². The molecule has 22 heteroatoms. The summed E-state index contributed by atoms with van der Waals surface area (Å²) in [6.07, 6.45) is -7.88. The molecule has 184 valence electrons. The SMILES string of the molecule is O=S(=O)(O)C(F)(F)C(F)(F)C(F)(F)C(F)(F)C(F)(F)C(F)(F)C(F)(F)C(F)(F)F.[BiH3]. The van der Waals surface area contributed by atoms with Crippen molar-refractivity contribution in [2.45, 2.75) is 47.0 Å². The second kappa shape index (κ2) is 7.58. The van der Waals surface area contributed by atoms with Crippen LogP contribution in [-0.2, 0) is 10.1 Å². The van der Waals surface area contributed by atoms with Crippen LogP contribution in [0.5, 0.6) is 0 Å². The zero-order chi connectivity index (χ0) is 24.5. The van der Waals surface area contributed by atoms with Crippen LogP contribution in [0.4, 0.5) is 74.6 Å². The van der Waals surface area contributed by atoms with Gasteiger partial charge in [-0.05, 0) is 0 Å². The Kier molecular flexibility index (Phi) is 8.04. The quantitative estimate of drug-likeness (QED) is 0.250. The molecule has 0 saturated heterocycles. The van der Waals surface area contributed by atoms with Crippen molar-refractivity contribution in [3.63, 3.8) is 0 Å². The molecule has 0 aromatic carbocycles. The molecule has 0 saturated carbocycles. The molecule has 0 aromatic rings. The molecule has 3 nitrogen and oxygen atoms in total. The summed E-state index contributed by atoms with van der Waals surface area (Å²) in [7, 11) is -7.89. The minimum absolute atomic E-state index is 0. The van der Waals surface area contributed by atoms with E-state index in [1.165, 1.54) is 0 Å². The molecule has 0 radical (unpaired) electrons.